The molecule has 6 amide bonds. The predicted octanol–water partition coefficient (Wildman–Crippen LogP) is 9.03. The van der Waals surface area contributed by atoms with E-state index >= 15 is 4.79 Å². The second-order valence-electron chi connectivity index (χ2n) is 26.7. The monoisotopic (exact) mass is 1580 g/mol. The molecule has 564 valence electrons. The minimum atomic E-state index is -1.33. The molecule has 1 aliphatic carbocycles. The fraction of sp³-hybridized carbons (Fsp3) is 0.397. The molecular weight excluding hydrogens is 1510 g/mol. The summed E-state index contributed by atoms with van der Waals surface area (Å²) in [5, 5.41) is 50.2. The summed E-state index contributed by atoms with van der Waals surface area (Å²) in [5.41, 5.74) is 9.71. The molecule has 4 aliphatic rings. The molecule has 0 radical (unpaired) electrons. The summed E-state index contributed by atoms with van der Waals surface area (Å²) in [4.78, 5) is 165. The zero-order chi connectivity index (χ0) is 75.9. The van der Waals surface area contributed by atoms with Crippen molar-refractivity contribution in [2.45, 2.75) is 108 Å². The van der Waals surface area contributed by atoms with E-state index in [1.807, 2.05) is 43.5 Å². The van der Waals surface area contributed by atoms with Gasteiger partial charge in [0, 0.05) is 101 Å². The number of ether oxygens (including phenoxy) is 3. The third kappa shape index (κ3) is 17.9. The van der Waals surface area contributed by atoms with Gasteiger partial charge in [-0.25, -0.2) is 44.5 Å². The lowest BCUT2D eigenvalue weighted by atomic mass is 9.85. The lowest BCUT2D eigenvalue weighted by Crippen LogP contribution is -2.50. The van der Waals surface area contributed by atoms with E-state index in [2.05, 4.69) is 20.9 Å². The molecule has 9 aromatic rings. The largest absolute Gasteiger partial charge is 0.481 e. The van der Waals surface area contributed by atoms with Crippen LogP contribution < -0.4 is 21.7 Å². The van der Waals surface area contributed by atoms with Crippen molar-refractivity contribution in [1.29, 1.82) is 0 Å². The number of aliphatic carboxylic acids is 2. The Morgan fingerprint density at radius 1 is 0.722 bits per heavy atom. The molecule has 2 aromatic carbocycles. The number of alkyl carbamates (subject to hydrolysis) is 1. The van der Waals surface area contributed by atoms with Gasteiger partial charge in [-0.05, 0) is 62.8 Å². The van der Waals surface area contributed by atoms with Gasteiger partial charge in [0.1, 0.15) is 83.6 Å². The van der Waals surface area contributed by atoms with Gasteiger partial charge in [-0.3, -0.25) is 38.5 Å². The first-order chi connectivity index (χ1) is 52.1. The number of aromatic nitrogens is 7. The molecule has 3 fully saturated rings. The minimum Gasteiger partial charge on any atom is -0.481 e. The van der Waals surface area contributed by atoms with E-state index in [0.717, 1.165) is 56.5 Å². The van der Waals surface area contributed by atoms with E-state index in [0.29, 0.717) is 118 Å². The van der Waals surface area contributed by atoms with Gasteiger partial charge in [-0.15, -0.1) is 68.0 Å². The van der Waals surface area contributed by atoms with Gasteiger partial charge in [-0.2, -0.15) is 0 Å². The van der Waals surface area contributed by atoms with Crippen molar-refractivity contribution in [3.05, 3.63) is 153 Å². The molecule has 7 aromatic heterocycles. The van der Waals surface area contributed by atoms with Crippen LogP contribution >= 0.6 is 68.0 Å². The molecular formula is C73H76N14O15S6. The third-order valence-corrected chi connectivity index (χ3v) is 25.0. The van der Waals surface area contributed by atoms with Crippen molar-refractivity contribution in [3.63, 3.8) is 0 Å². The van der Waals surface area contributed by atoms with Gasteiger partial charge in [0.05, 0.1) is 67.6 Å². The fourth-order valence-electron chi connectivity index (χ4n) is 13.6. The molecule has 2 saturated heterocycles. The average Bonchev–Trinajstić information content (AvgIpc) is 1.61. The van der Waals surface area contributed by atoms with Crippen molar-refractivity contribution in [1.82, 2.24) is 65.5 Å². The highest BCUT2D eigenvalue weighted by Crippen LogP contribution is 2.45. The van der Waals surface area contributed by atoms with Gasteiger partial charge in [-0.1, -0.05) is 67.1 Å². The molecule has 35 heteroatoms. The van der Waals surface area contributed by atoms with E-state index in [-0.39, 0.29) is 77.1 Å². The van der Waals surface area contributed by atoms with Crippen LogP contribution in [0.3, 0.4) is 0 Å². The number of aryl methyl sites for hydroxylation is 2. The van der Waals surface area contributed by atoms with Crippen LogP contribution in [0.1, 0.15) is 148 Å². The normalized spacial score (nSPS) is 21.1. The number of ketones is 1. The maximum absolute atomic E-state index is 15.9. The van der Waals surface area contributed by atoms with Crippen LogP contribution in [-0.2, 0) is 39.8 Å². The number of aliphatic hydroxyl groups excluding tert-OH is 1. The SMILES string of the molecule is Cc1ccc(C[C@@H]2NC(=O)c3csc(n3)[C@H]([C@H](O)c3ccccc3)CC(=O)c3nc(sc3C)[C@H](CC(N)=O)NC(=O)c3csc(n3)-c3ccc(-c4nc(C(=O)N(CCOCC(=O)O)C5CCC(C(=O)O)CC5)cs4)nc3-c3csc(n3)-c3csc(n3)[C@@H]3[C@@H](C)[C@@H](OC(=O)NCCN4CCOCC4)CN3C2=O)cc1. The Balaban J connectivity index is 0.889. The number of carbonyl (C=O) groups is 9. The molecule has 0 unspecified atom stereocenters. The standard InChI is InChI=1S/C73H76N14O15S6/c1-37-9-11-40(12-10-37)27-48-70(95)87-30-55(102-73(99)75-19-20-85-21-24-100-25-22-85)38(2)60(87)69-82-52(35-107-69)67-79-49(32-105-67)59-44(17-18-46(76-59)66-83-53(36-106-66)71(96)86(23-26-101-31-57(90)91)43-15-13-42(14-16-43)72(97)98)64-80-50(33-103-64)62(93)77-47(29-56(74)89)68-84-58(39(3)108-68)54(88)28-45(61(92)41-7-5-4-6-8-41)65-81-51(34-104-65)63(94)78-48/h4-12,17-18,32-36,38,42-43,45,47-48,55,60-61,92H,13-16,19-31H2,1-3H3,(H2,74,89)(H,75,99)(H,77,93)(H,78,94)(H,90,91)(H,97,98)/t38-,42?,43?,45-,47-,48-,55-,60-,61+/m0/s1. The Morgan fingerprint density at radius 3 is 2.13 bits per heavy atom. The first-order valence-corrected chi connectivity index (χ1v) is 40.2. The number of hydrogen-bond donors (Lipinski definition) is 7. The van der Waals surface area contributed by atoms with Crippen LogP contribution in [0.2, 0.25) is 0 Å². The average molecular weight is 1580 g/mol. The highest BCUT2D eigenvalue weighted by Gasteiger charge is 2.48. The van der Waals surface area contributed by atoms with E-state index in [1.54, 1.807) is 69.9 Å². The number of amides is 6. The molecule has 108 heavy (non-hydrogen) atoms. The Morgan fingerprint density at radius 2 is 1.39 bits per heavy atom. The summed E-state index contributed by atoms with van der Waals surface area (Å²) in [6.45, 7) is 8.18. The summed E-state index contributed by atoms with van der Waals surface area (Å²) in [5.74, 6) is -7.98. The van der Waals surface area contributed by atoms with Crippen LogP contribution in [0, 0.1) is 25.7 Å². The van der Waals surface area contributed by atoms with Gasteiger partial charge < -0.3 is 61.0 Å². The number of Topliss-reactive ketones (excluding diaryl/α,β-unsaturated/α-hetero) is 1. The molecule has 10 heterocycles. The summed E-state index contributed by atoms with van der Waals surface area (Å²) in [6, 6.07) is 16.1. The van der Waals surface area contributed by atoms with E-state index in [4.69, 9.17) is 54.8 Å². The number of thiazole rings is 6. The van der Waals surface area contributed by atoms with Crippen molar-refractivity contribution >= 4 is 121 Å². The zero-order valence-electron chi connectivity index (χ0n) is 58.7. The zero-order valence-corrected chi connectivity index (χ0v) is 63.6. The van der Waals surface area contributed by atoms with Crippen LogP contribution in [0.5, 0.6) is 0 Å². The maximum atomic E-state index is 15.9. The van der Waals surface area contributed by atoms with Crippen molar-refractivity contribution in [2.24, 2.45) is 17.6 Å². The Kier molecular flexibility index (Phi) is 24.4. The van der Waals surface area contributed by atoms with Crippen molar-refractivity contribution in [3.8, 4) is 43.4 Å². The molecule has 8 N–H and O–H groups in total. The maximum Gasteiger partial charge on any atom is 0.407 e. The van der Waals surface area contributed by atoms with Crippen LogP contribution in [0.25, 0.3) is 43.4 Å². The number of primary amides is 1. The first kappa shape index (κ1) is 76.6. The number of hydrogen-bond acceptors (Lipinski definition) is 27. The Hall–Kier alpha value is -9.56. The Labute approximate surface area is 643 Å². The fourth-order valence-corrected chi connectivity index (χ4v) is 19.0. The number of carboxylic acids is 2. The molecule has 1 saturated carbocycles. The van der Waals surface area contributed by atoms with Crippen LogP contribution in [0.15, 0.2) is 93.6 Å². The van der Waals surface area contributed by atoms with E-state index in [9.17, 15) is 53.7 Å². The van der Waals surface area contributed by atoms with Crippen molar-refractivity contribution < 1.29 is 72.7 Å². The molecule has 0 spiro atoms. The number of pyridine rings is 1. The quantitative estimate of drug-likeness (QED) is 0.0371. The number of fused-ring (bicyclic) bond motifs is 16. The number of nitrogens with zero attached hydrogens (tertiary/aromatic N) is 10. The van der Waals surface area contributed by atoms with Gasteiger partial charge in [0.15, 0.2) is 5.78 Å². The second-order valence-corrected chi connectivity index (χ2v) is 32.3. The topological polar surface area (TPSA) is 404 Å². The predicted molar refractivity (Wildman–Crippen MR) is 403 cm³/mol. The van der Waals surface area contributed by atoms with Crippen LogP contribution in [0.4, 0.5) is 4.79 Å². The van der Waals surface area contributed by atoms with Crippen LogP contribution in [-0.4, -0.2) is 202 Å². The highest BCUT2D eigenvalue weighted by molar-refractivity contribution is 7.15. The van der Waals surface area contributed by atoms with Gasteiger partial charge in [0.25, 0.3) is 17.7 Å². The van der Waals surface area contributed by atoms with E-state index < -0.39 is 114 Å². The minimum absolute atomic E-state index is 0.00398. The highest BCUT2D eigenvalue weighted by atomic mass is 32.1. The molecule has 3 aliphatic heterocycles. The summed E-state index contributed by atoms with van der Waals surface area (Å²) in [6.07, 6.45) is -2.17. The second kappa shape index (κ2) is 34.3. The first-order valence-electron chi connectivity index (χ1n) is 35.0. The lowest BCUT2D eigenvalue weighted by molar-refractivity contribution is -0.143. The van der Waals surface area contributed by atoms with Gasteiger partial charge >= 0.3 is 18.0 Å². The summed E-state index contributed by atoms with van der Waals surface area (Å²) >= 11 is 6.89. The number of benzene rings is 2. The number of aliphatic hydroxyl groups is 1. The Bertz CT molecular complexity index is 4790. The molecule has 29 nitrogen and oxygen atoms in total. The molecule has 10 bridgehead atoms. The number of carbonyl (C=O) groups excluding carboxylic acids is 7. The smallest absolute Gasteiger partial charge is 0.407 e. The van der Waals surface area contributed by atoms with Gasteiger partial charge in [0.2, 0.25) is 11.8 Å². The van der Waals surface area contributed by atoms with E-state index in [1.165, 1.54) is 33.4 Å². The summed E-state index contributed by atoms with van der Waals surface area (Å²) < 4.78 is 17.1. The number of morpholine rings is 1. The lowest BCUT2D eigenvalue weighted by Gasteiger charge is -2.35. The number of nitrogens with one attached hydrogen (secondary N) is 3. The molecule has 7 atom stereocenters. The third-order valence-electron chi connectivity index (χ3n) is 19.4. The number of nitrogens with two attached hydrogens (primary N) is 1. The van der Waals surface area contributed by atoms with Crippen molar-refractivity contribution in [2.75, 3.05) is 65.7 Å². The number of rotatable bonds is 19. The number of carboxylic acid groups (broad SMARTS) is 2. The molecule has 13 rings (SSSR count). The summed E-state index contributed by atoms with van der Waals surface area (Å²) in [7, 11) is 0.